The molecule has 0 unspecified atom stereocenters. The molecule has 1 fully saturated rings. The van der Waals surface area contributed by atoms with Gasteiger partial charge >= 0.3 is 0 Å². The van der Waals surface area contributed by atoms with Crippen LogP contribution < -0.4 is 9.64 Å². The Hall–Kier alpha value is -3.00. The molecule has 2 amide bonds. The summed E-state index contributed by atoms with van der Waals surface area (Å²) in [7, 11) is 3.16. The van der Waals surface area contributed by atoms with Crippen LogP contribution in [0.4, 0.5) is 5.82 Å². The van der Waals surface area contributed by atoms with Gasteiger partial charge in [-0.3, -0.25) is 14.5 Å². The topological polar surface area (TPSA) is 84.9 Å². The van der Waals surface area contributed by atoms with Gasteiger partial charge in [-0.1, -0.05) is 12.1 Å². The number of benzene rings is 1. The number of aryl methyl sites for hydroxylation is 1. The minimum Gasteiger partial charge on any atom is -0.497 e. The van der Waals surface area contributed by atoms with E-state index in [1.807, 2.05) is 36.1 Å². The Morgan fingerprint density at radius 2 is 2.10 bits per heavy atom. The molecule has 0 spiro atoms. The molecule has 2 aromatic rings. The Bertz CT molecular complexity index is 994. The quantitative estimate of drug-likeness (QED) is 0.707. The molecule has 0 radical (unpaired) electrons. The summed E-state index contributed by atoms with van der Waals surface area (Å²) in [5, 5.41) is 0. The SMILES string of the molecule is COCC(=O)N1CCC[C@@H](c2nc(C)c3c(n2)N(Cc2cccc(OC)c2)C(=O)C3)C1. The summed E-state index contributed by atoms with van der Waals surface area (Å²) in [5.74, 6) is 2.21. The molecular formula is C23H28N4O4. The zero-order valence-corrected chi connectivity index (χ0v) is 18.3. The second kappa shape index (κ2) is 9.01. The summed E-state index contributed by atoms with van der Waals surface area (Å²) in [4.78, 5) is 38.2. The second-order valence-electron chi connectivity index (χ2n) is 8.09. The van der Waals surface area contributed by atoms with E-state index in [0.29, 0.717) is 31.2 Å². The van der Waals surface area contributed by atoms with Crippen molar-refractivity contribution in [3.63, 3.8) is 0 Å². The largest absolute Gasteiger partial charge is 0.497 e. The van der Waals surface area contributed by atoms with Crippen molar-refractivity contribution < 1.29 is 19.1 Å². The van der Waals surface area contributed by atoms with E-state index >= 15 is 0 Å². The number of piperidine rings is 1. The van der Waals surface area contributed by atoms with Crippen LogP contribution in [-0.4, -0.2) is 60.6 Å². The Balaban J connectivity index is 1.60. The summed E-state index contributed by atoms with van der Waals surface area (Å²) in [5.41, 5.74) is 2.70. The van der Waals surface area contributed by atoms with Crippen molar-refractivity contribution in [2.45, 2.75) is 38.6 Å². The van der Waals surface area contributed by atoms with Crippen molar-refractivity contribution in [2.24, 2.45) is 0 Å². The fourth-order valence-corrected chi connectivity index (χ4v) is 4.33. The number of aromatic nitrogens is 2. The van der Waals surface area contributed by atoms with Gasteiger partial charge in [-0.15, -0.1) is 0 Å². The highest BCUT2D eigenvalue weighted by Crippen LogP contribution is 2.33. The first kappa shape index (κ1) is 21.2. The minimum atomic E-state index is -0.0140. The van der Waals surface area contributed by atoms with Crippen LogP contribution in [0.1, 0.15) is 41.4 Å². The molecule has 8 heteroatoms. The number of hydrogen-bond donors (Lipinski definition) is 0. The van der Waals surface area contributed by atoms with Gasteiger partial charge in [0, 0.05) is 37.4 Å². The van der Waals surface area contributed by atoms with Gasteiger partial charge in [0.25, 0.3) is 0 Å². The van der Waals surface area contributed by atoms with E-state index in [1.165, 1.54) is 7.11 Å². The summed E-state index contributed by atoms with van der Waals surface area (Å²) < 4.78 is 10.3. The fourth-order valence-electron chi connectivity index (χ4n) is 4.33. The van der Waals surface area contributed by atoms with Crippen LogP contribution in [0.25, 0.3) is 0 Å². The molecule has 3 heterocycles. The summed E-state index contributed by atoms with van der Waals surface area (Å²) >= 11 is 0. The number of amides is 2. The third kappa shape index (κ3) is 4.39. The number of carbonyl (C=O) groups is 2. The lowest BCUT2D eigenvalue weighted by Gasteiger charge is -2.32. The van der Waals surface area contributed by atoms with Crippen molar-refractivity contribution in [1.82, 2.24) is 14.9 Å². The van der Waals surface area contributed by atoms with E-state index in [4.69, 9.17) is 19.4 Å². The Kier molecular flexibility index (Phi) is 6.18. The number of nitrogens with zero attached hydrogens (tertiary/aromatic N) is 4. The van der Waals surface area contributed by atoms with Crippen LogP contribution in [0, 0.1) is 6.92 Å². The highest BCUT2D eigenvalue weighted by molar-refractivity contribution is 6.00. The number of ether oxygens (including phenoxy) is 2. The molecule has 2 aliphatic rings. The zero-order valence-electron chi connectivity index (χ0n) is 18.3. The average Bonchev–Trinajstić information content (AvgIpc) is 3.10. The second-order valence-corrected chi connectivity index (χ2v) is 8.09. The number of carbonyl (C=O) groups excluding carboxylic acids is 2. The lowest BCUT2D eigenvalue weighted by Crippen LogP contribution is -2.41. The van der Waals surface area contributed by atoms with Crippen LogP contribution in [-0.2, 0) is 27.3 Å². The molecule has 1 aromatic heterocycles. The summed E-state index contributed by atoms with van der Waals surface area (Å²) in [6, 6.07) is 7.71. The standard InChI is InChI=1S/C23H28N4O4/c1-15-19-11-20(28)27(12-16-6-4-8-18(10-16)31-3)23(19)25-22(24-15)17-7-5-9-26(13-17)21(29)14-30-2/h4,6,8,10,17H,5,7,9,11-14H2,1-3H3/t17-/m1/s1. The van der Waals surface area contributed by atoms with Crippen molar-refractivity contribution in [3.8, 4) is 5.75 Å². The van der Waals surface area contributed by atoms with E-state index in [0.717, 1.165) is 42.0 Å². The van der Waals surface area contributed by atoms with Gasteiger partial charge in [-0.25, -0.2) is 9.97 Å². The maximum Gasteiger partial charge on any atom is 0.248 e. The average molecular weight is 425 g/mol. The van der Waals surface area contributed by atoms with Gasteiger partial charge in [-0.2, -0.15) is 0 Å². The van der Waals surface area contributed by atoms with E-state index in [9.17, 15) is 9.59 Å². The first-order valence-electron chi connectivity index (χ1n) is 10.6. The molecule has 4 rings (SSSR count). The third-order valence-corrected chi connectivity index (χ3v) is 5.98. The number of methoxy groups -OCH3 is 2. The zero-order chi connectivity index (χ0) is 22.0. The fraction of sp³-hybridized carbons (Fsp3) is 0.478. The van der Waals surface area contributed by atoms with Crippen LogP contribution in [0.2, 0.25) is 0 Å². The van der Waals surface area contributed by atoms with E-state index < -0.39 is 0 Å². The molecule has 2 aliphatic heterocycles. The normalized spacial score (nSPS) is 18.3. The van der Waals surface area contributed by atoms with Gasteiger partial charge in [-0.05, 0) is 37.5 Å². The van der Waals surface area contributed by atoms with Crippen molar-refractivity contribution in [2.75, 3.05) is 38.8 Å². The minimum absolute atomic E-state index is 0.0140. The lowest BCUT2D eigenvalue weighted by molar-refractivity contribution is -0.136. The molecule has 1 saturated heterocycles. The van der Waals surface area contributed by atoms with Gasteiger partial charge in [0.1, 0.15) is 24.0 Å². The van der Waals surface area contributed by atoms with Crippen LogP contribution in [0.3, 0.4) is 0 Å². The highest BCUT2D eigenvalue weighted by Gasteiger charge is 2.34. The van der Waals surface area contributed by atoms with Crippen molar-refractivity contribution in [3.05, 3.63) is 46.9 Å². The number of rotatable bonds is 6. The first-order chi connectivity index (χ1) is 15.0. The molecule has 8 nitrogen and oxygen atoms in total. The van der Waals surface area contributed by atoms with Crippen LogP contribution in [0.15, 0.2) is 24.3 Å². The Labute approximate surface area is 182 Å². The van der Waals surface area contributed by atoms with Gasteiger partial charge in [0.15, 0.2) is 0 Å². The molecule has 1 atom stereocenters. The van der Waals surface area contributed by atoms with E-state index in [-0.39, 0.29) is 24.3 Å². The van der Waals surface area contributed by atoms with E-state index in [1.54, 1.807) is 12.0 Å². The Morgan fingerprint density at radius 1 is 1.26 bits per heavy atom. The van der Waals surface area contributed by atoms with Crippen molar-refractivity contribution >= 4 is 17.6 Å². The van der Waals surface area contributed by atoms with Gasteiger partial charge < -0.3 is 14.4 Å². The molecule has 0 aliphatic carbocycles. The molecule has 0 N–H and O–H groups in total. The first-order valence-corrected chi connectivity index (χ1v) is 10.6. The maximum absolute atomic E-state index is 12.8. The lowest BCUT2D eigenvalue weighted by atomic mass is 9.96. The maximum atomic E-state index is 12.8. The van der Waals surface area contributed by atoms with Gasteiger partial charge in [0.2, 0.25) is 11.8 Å². The van der Waals surface area contributed by atoms with Gasteiger partial charge in [0.05, 0.1) is 20.1 Å². The van der Waals surface area contributed by atoms with Crippen LogP contribution >= 0.6 is 0 Å². The summed E-state index contributed by atoms with van der Waals surface area (Å²) in [6.07, 6.45) is 2.12. The molecule has 1 aromatic carbocycles. The smallest absolute Gasteiger partial charge is 0.248 e. The number of likely N-dealkylation sites (tertiary alicyclic amines) is 1. The molecule has 0 saturated carbocycles. The third-order valence-electron chi connectivity index (χ3n) is 5.98. The number of anilines is 1. The summed E-state index contributed by atoms with van der Waals surface area (Å²) in [6.45, 7) is 3.75. The predicted octanol–water partition coefficient (Wildman–Crippen LogP) is 2.24. The number of fused-ring (bicyclic) bond motifs is 1. The molecule has 164 valence electrons. The Morgan fingerprint density at radius 3 is 2.87 bits per heavy atom. The predicted molar refractivity (Wildman–Crippen MR) is 115 cm³/mol. The van der Waals surface area contributed by atoms with Crippen LogP contribution in [0.5, 0.6) is 5.75 Å². The highest BCUT2D eigenvalue weighted by atomic mass is 16.5. The molecule has 31 heavy (non-hydrogen) atoms. The monoisotopic (exact) mass is 424 g/mol. The molecule has 0 bridgehead atoms. The number of hydrogen-bond acceptors (Lipinski definition) is 6. The van der Waals surface area contributed by atoms with Crippen molar-refractivity contribution in [1.29, 1.82) is 0 Å². The van der Waals surface area contributed by atoms with E-state index in [2.05, 4.69) is 0 Å². The molecular weight excluding hydrogens is 396 g/mol.